The number of phenolic OH excluding ortho intramolecular Hbond substituents is 1. The van der Waals surface area contributed by atoms with E-state index >= 15 is 0 Å². The Bertz CT molecular complexity index is 716. The molecule has 2 N–H and O–H groups in total. The lowest BCUT2D eigenvalue weighted by Crippen LogP contribution is -2.16. The smallest absolute Gasteiger partial charge is 0.312 e. The highest BCUT2D eigenvalue weighted by molar-refractivity contribution is 9.10. The van der Waals surface area contributed by atoms with Gasteiger partial charge in [0.25, 0.3) is 5.91 Å². The minimum Gasteiger partial charge on any atom is -0.502 e. The van der Waals surface area contributed by atoms with Crippen LogP contribution >= 0.6 is 27.3 Å². The number of hydrogen-bond acceptors (Lipinski definition) is 6. The van der Waals surface area contributed by atoms with Gasteiger partial charge in [0.1, 0.15) is 0 Å². The van der Waals surface area contributed by atoms with Crippen LogP contribution in [0.25, 0.3) is 0 Å². The van der Waals surface area contributed by atoms with Crippen molar-refractivity contribution in [3.05, 3.63) is 54.7 Å². The second kappa shape index (κ2) is 6.46. The molecule has 1 heterocycles. The summed E-state index contributed by atoms with van der Waals surface area (Å²) in [6.45, 7) is 0. The van der Waals surface area contributed by atoms with E-state index in [2.05, 4.69) is 26.5 Å². The summed E-state index contributed by atoms with van der Waals surface area (Å²) in [5, 5.41) is 26.0. The monoisotopic (exact) mass is 369 g/mol. The first-order valence-corrected chi connectivity index (χ1v) is 7.20. The molecule has 1 amide bonds. The largest absolute Gasteiger partial charge is 0.502 e. The van der Waals surface area contributed by atoms with Crippen LogP contribution in [0.1, 0.15) is 15.2 Å². The fraction of sp³-hybridized carbons (Fsp3) is 0. The Labute approximate surface area is 131 Å². The summed E-state index contributed by atoms with van der Waals surface area (Å²) in [5.41, 5.74) is 1.94. The summed E-state index contributed by atoms with van der Waals surface area (Å²) in [6.07, 6.45) is 1.14. The van der Waals surface area contributed by atoms with Crippen LogP contribution in [-0.4, -0.2) is 22.2 Å². The Balaban J connectivity index is 2.18. The number of hydrazone groups is 1. The fourth-order valence-electron chi connectivity index (χ4n) is 1.47. The van der Waals surface area contributed by atoms with Crippen molar-refractivity contribution in [2.45, 2.75) is 0 Å². The molecule has 2 aromatic rings. The highest BCUT2D eigenvalue weighted by Crippen LogP contribution is 2.32. The molecule has 0 fully saturated rings. The van der Waals surface area contributed by atoms with Crippen LogP contribution in [0.5, 0.6) is 5.75 Å². The minimum absolute atomic E-state index is 0.113. The number of thiophene rings is 1. The van der Waals surface area contributed by atoms with Crippen molar-refractivity contribution in [2.75, 3.05) is 0 Å². The molecular formula is C12H8BrN3O4S. The maximum Gasteiger partial charge on any atom is 0.312 e. The topological polar surface area (TPSA) is 105 Å². The van der Waals surface area contributed by atoms with E-state index in [1.54, 1.807) is 17.5 Å². The van der Waals surface area contributed by atoms with Gasteiger partial charge < -0.3 is 5.11 Å². The van der Waals surface area contributed by atoms with Crippen LogP contribution in [0.15, 0.2) is 39.2 Å². The highest BCUT2D eigenvalue weighted by Gasteiger charge is 2.17. The number of phenols is 1. The van der Waals surface area contributed by atoms with Crippen LogP contribution in [0.4, 0.5) is 5.69 Å². The Morgan fingerprint density at radius 1 is 1.52 bits per heavy atom. The van der Waals surface area contributed by atoms with E-state index < -0.39 is 22.3 Å². The maximum atomic E-state index is 11.6. The zero-order valence-electron chi connectivity index (χ0n) is 10.3. The number of amides is 1. The molecule has 0 aliphatic rings. The van der Waals surface area contributed by atoms with Gasteiger partial charge in [0.15, 0.2) is 0 Å². The van der Waals surface area contributed by atoms with E-state index in [-0.39, 0.29) is 5.56 Å². The predicted octanol–water partition coefficient (Wildman–Crippen LogP) is 2.89. The van der Waals surface area contributed by atoms with E-state index in [4.69, 9.17) is 0 Å². The first-order chi connectivity index (χ1) is 9.99. The summed E-state index contributed by atoms with van der Waals surface area (Å²) in [4.78, 5) is 22.2. The summed E-state index contributed by atoms with van der Waals surface area (Å²) in [6, 6.07) is 5.99. The molecule has 0 atom stereocenters. The van der Waals surface area contributed by atoms with Crippen LogP contribution in [0.2, 0.25) is 0 Å². The van der Waals surface area contributed by atoms with Gasteiger partial charge in [0.2, 0.25) is 5.75 Å². The van der Waals surface area contributed by atoms with E-state index in [0.717, 1.165) is 6.21 Å². The lowest BCUT2D eigenvalue weighted by atomic mass is 10.2. The molecule has 0 radical (unpaired) electrons. The molecule has 1 aromatic heterocycles. The Kier molecular flexibility index (Phi) is 4.66. The number of nitrogens with zero attached hydrogens (tertiary/aromatic N) is 2. The average molecular weight is 370 g/mol. The molecule has 7 nitrogen and oxygen atoms in total. The SMILES string of the molecule is O=C(N/N=C/c1cc(Br)cc([N+](=O)[O-])c1O)c1cccs1. The molecule has 108 valence electrons. The molecule has 0 unspecified atom stereocenters. The molecule has 0 saturated carbocycles. The number of carbonyl (C=O) groups is 1. The van der Waals surface area contributed by atoms with Crippen LogP contribution in [0.3, 0.4) is 0 Å². The number of hydrogen-bond donors (Lipinski definition) is 2. The molecule has 0 aliphatic heterocycles. The van der Waals surface area contributed by atoms with Crippen molar-refractivity contribution in [3.63, 3.8) is 0 Å². The molecule has 0 bridgehead atoms. The van der Waals surface area contributed by atoms with Crippen LogP contribution in [-0.2, 0) is 0 Å². The van der Waals surface area contributed by atoms with Crippen molar-refractivity contribution in [1.82, 2.24) is 5.43 Å². The molecule has 2 rings (SSSR count). The third kappa shape index (κ3) is 3.64. The molecule has 1 aromatic carbocycles. The molecular weight excluding hydrogens is 362 g/mol. The van der Waals surface area contributed by atoms with Gasteiger partial charge in [-0.3, -0.25) is 14.9 Å². The number of nitro groups is 1. The zero-order valence-corrected chi connectivity index (χ0v) is 12.7. The highest BCUT2D eigenvalue weighted by atomic mass is 79.9. The Hall–Kier alpha value is -2.26. The summed E-state index contributed by atoms with van der Waals surface area (Å²) in [7, 11) is 0. The van der Waals surface area contributed by atoms with Crippen LogP contribution in [0, 0.1) is 10.1 Å². The van der Waals surface area contributed by atoms with E-state index in [0.29, 0.717) is 9.35 Å². The van der Waals surface area contributed by atoms with E-state index in [9.17, 15) is 20.0 Å². The average Bonchev–Trinajstić information content (AvgIpc) is 2.95. The fourth-order valence-corrected chi connectivity index (χ4v) is 2.54. The molecule has 0 aliphatic carbocycles. The molecule has 9 heteroatoms. The zero-order chi connectivity index (χ0) is 15.4. The number of nitrogens with one attached hydrogen (secondary N) is 1. The first kappa shape index (κ1) is 15.1. The van der Waals surface area contributed by atoms with Gasteiger partial charge in [-0.15, -0.1) is 11.3 Å². The van der Waals surface area contributed by atoms with Gasteiger partial charge in [0.05, 0.1) is 16.0 Å². The lowest BCUT2D eigenvalue weighted by Gasteiger charge is -2.01. The van der Waals surface area contributed by atoms with Gasteiger partial charge in [0, 0.05) is 16.1 Å². The number of rotatable bonds is 4. The van der Waals surface area contributed by atoms with Crippen molar-refractivity contribution in [3.8, 4) is 5.75 Å². The van der Waals surface area contributed by atoms with E-state index in [1.165, 1.54) is 23.5 Å². The number of aromatic hydroxyl groups is 1. The quantitative estimate of drug-likeness (QED) is 0.490. The Morgan fingerprint density at radius 3 is 2.90 bits per heavy atom. The Morgan fingerprint density at radius 2 is 2.29 bits per heavy atom. The van der Waals surface area contributed by atoms with Gasteiger partial charge in [-0.05, 0) is 17.5 Å². The van der Waals surface area contributed by atoms with Crippen molar-refractivity contribution in [1.29, 1.82) is 0 Å². The first-order valence-electron chi connectivity index (χ1n) is 5.53. The number of halogens is 1. The van der Waals surface area contributed by atoms with Gasteiger partial charge in [-0.1, -0.05) is 22.0 Å². The number of nitro benzene ring substituents is 1. The standard InChI is InChI=1S/C12H8BrN3O4S/c13-8-4-7(11(17)9(5-8)16(19)20)6-14-15-12(18)10-2-1-3-21-10/h1-6,17H,(H,15,18)/b14-6+. The maximum absolute atomic E-state index is 11.6. The third-order valence-electron chi connectivity index (χ3n) is 2.40. The van der Waals surface area contributed by atoms with Crippen LogP contribution < -0.4 is 5.43 Å². The number of carbonyl (C=O) groups excluding carboxylic acids is 1. The normalized spacial score (nSPS) is 10.7. The molecule has 0 spiro atoms. The van der Waals surface area contributed by atoms with Crippen molar-refractivity contribution in [2.24, 2.45) is 5.10 Å². The van der Waals surface area contributed by atoms with Crippen molar-refractivity contribution < 1.29 is 14.8 Å². The second-order valence-corrected chi connectivity index (χ2v) is 5.66. The van der Waals surface area contributed by atoms with Crippen molar-refractivity contribution >= 4 is 45.1 Å². The van der Waals surface area contributed by atoms with Gasteiger partial charge in [-0.2, -0.15) is 5.10 Å². The summed E-state index contributed by atoms with van der Waals surface area (Å²) in [5.74, 6) is -0.914. The third-order valence-corrected chi connectivity index (χ3v) is 3.72. The predicted molar refractivity (Wildman–Crippen MR) is 81.8 cm³/mol. The summed E-state index contributed by atoms with van der Waals surface area (Å²) >= 11 is 4.36. The second-order valence-electron chi connectivity index (χ2n) is 3.80. The summed E-state index contributed by atoms with van der Waals surface area (Å²) < 4.78 is 0.415. The molecule has 0 saturated heterocycles. The molecule has 21 heavy (non-hydrogen) atoms. The lowest BCUT2D eigenvalue weighted by molar-refractivity contribution is -0.385. The minimum atomic E-state index is -0.707. The number of benzene rings is 1. The van der Waals surface area contributed by atoms with E-state index in [1.807, 2.05) is 0 Å². The van der Waals surface area contributed by atoms with Gasteiger partial charge in [-0.25, -0.2) is 5.43 Å². The van der Waals surface area contributed by atoms with Gasteiger partial charge >= 0.3 is 5.69 Å².